The molecule has 2 fully saturated rings. The van der Waals surface area contributed by atoms with Crippen molar-refractivity contribution in [2.24, 2.45) is 11.8 Å². The molecule has 21 nitrogen and oxygen atoms in total. The Morgan fingerprint density at radius 1 is 0.492 bits per heavy atom. The molecule has 0 aliphatic heterocycles. The van der Waals surface area contributed by atoms with Gasteiger partial charge in [-0.2, -0.15) is 13.2 Å². The molecule has 126 heavy (non-hydrogen) atoms. The number of phenolic OH excluding ortho intramolecular Hbond substituents is 1. The van der Waals surface area contributed by atoms with Gasteiger partial charge in [0, 0.05) is 201 Å². The van der Waals surface area contributed by atoms with Crippen molar-refractivity contribution in [3.63, 3.8) is 0 Å². The van der Waals surface area contributed by atoms with Gasteiger partial charge >= 0.3 is 75.5 Å². The number of aldehydes is 1. The summed E-state index contributed by atoms with van der Waals surface area (Å²) in [6.07, 6.45) is -1.67. The van der Waals surface area contributed by atoms with E-state index in [0.717, 1.165) is 37.8 Å². The summed E-state index contributed by atoms with van der Waals surface area (Å²) in [5.74, 6) is -1.10. The molecule has 0 bridgehead atoms. The van der Waals surface area contributed by atoms with E-state index >= 15 is 0 Å². The maximum atomic E-state index is 14.3. The average Bonchev–Trinajstić information content (AvgIpc) is 1.33. The maximum absolute atomic E-state index is 14.3. The molecular formula is C78H88B16Cl2F8KN7O14. The fourth-order valence-electron chi connectivity index (χ4n) is 9.59. The summed E-state index contributed by atoms with van der Waals surface area (Å²) in [5.41, 5.74) is 3.62. The zero-order valence-electron chi connectivity index (χ0n) is 73.4. The molecule has 2 amide bonds. The summed E-state index contributed by atoms with van der Waals surface area (Å²) in [6, 6.07) is 28.4. The molecule has 0 spiro atoms. The number of amides is 2. The Morgan fingerprint density at radius 3 is 1.07 bits per heavy atom. The Bertz CT molecular complexity index is 4760. The molecule has 0 unspecified atom stereocenters. The minimum atomic E-state index is -4.64. The van der Waals surface area contributed by atoms with Gasteiger partial charge in [-0.05, 0) is 159 Å². The van der Waals surface area contributed by atoms with Crippen molar-refractivity contribution < 1.29 is 155 Å². The van der Waals surface area contributed by atoms with Crippen molar-refractivity contribution in [3.8, 4) is 40.2 Å². The molecule has 2 aliphatic rings. The van der Waals surface area contributed by atoms with E-state index in [1.54, 1.807) is 139 Å². The number of carbonyl (C=O) groups is 6. The Morgan fingerprint density at radius 2 is 0.794 bits per heavy atom. The van der Waals surface area contributed by atoms with E-state index in [4.69, 9.17) is 138 Å². The van der Waals surface area contributed by atoms with Gasteiger partial charge in [-0.3, -0.25) is 28.8 Å². The maximum Gasteiger partial charge on any atom is 1.00 e. The van der Waals surface area contributed by atoms with Gasteiger partial charge in [0.15, 0.2) is 0 Å². The molecule has 0 saturated heterocycles. The number of pyridine rings is 4. The fraction of sp³-hybridized carbons (Fsp3) is 0.359. The number of halogens is 10. The van der Waals surface area contributed by atoms with Crippen LogP contribution in [0.4, 0.5) is 52.4 Å². The van der Waals surface area contributed by atoms with Crippen LogP contribution >= 0.6 is 23.2 Å². The number of carbonyl (C=O) groups excluding carboxylic acids is 6. The molecule has 5 N–H and O–H groups in total. The SMILES string of the molecule is CC(C)(C)OC(=O)Cc1ccc(O)cc1F.CC(C)(C)OC(=O)Cc1ccc(Oc2ccnc(Cl)c2)cc1F.CC(C)(C)OC(=O)Cc1ccc(Oc2ccnc(NC(=O)C3CC3)c2)cc1F.CC(C)(C)[O-].Fc1ccnc(Cl)c1.Nc1ccc(Oc2ccnc(NC(=O)C3CC3)c2)cc1F.O=CC(F)(F)F.[2H]CC.[B]B([B])B([B])B(B([B])[B])B(B([B])[B])B([B])[B].[K+]. The molecule has 2 aliphatic carbocycles. The third kappa shape index (κ3) is 52.0. The molecule has 638 valence electrons. The summed E-state index contributed by atoms with van der Waals surface area (Å²) >= 11 is 11.1. The predicted octanol–water partition coefficient (Wildman–Crippen LogP) is 8.86. The van der Waals surface area contributed by atoms with Crippen molar-refractivity contribution in [2.45, 2.75) is 170 Å². The van der Waals surface area contributed by atoms with Crippen molar-refractivity contribution in [1.29, 1.82) is 0 Å². The normalized spacial score (nSPS) is 11.7. The average molecular weight is 1780 g/mol. The van der Waals surface area contributed by atoms with Crippen molar-refractivity contribution in [1.82, 2.24) is 19.9 Å². The first-order valence-corrected chi connectivity index (χ1v) is 39.1. The van der Waals surface area contributed by atoms with E-state index in [1.807, 2.05) is 0 Å². The fourth-order valence-corrected chi connectivity index (χ4v) is 9.91. The Hall–Kier alpha value is -7.84. The number of aromatic nitrogens is 4. The number of alkyl halides is 3. The van der Waals surface area contributed by atoms with Gasteiger partial charge in [0.1, 0.15) is 108 Å². The van der Waals surface area contributed by atoms with Gasteiger partial charge in [0.25, 0.3) is 0 Å². The number of esters is 3. The number of ether oxygens (including phenoxy) is 6. The quantitative estimate of drug-likeness (QED) is 0.00936. The standard InChI is InChI=1S/C21H23FN2O4.C17H17ClFNO3.C15H14FN3O2.C12H15FO3.C5H3ClFN.C4H9O.C2HF3O.C2H6.B16.K/c1-21(2,3)28-19(25)10-14-6-7-15(11-17(14)22)27-16-8-9-23-18(12-16)24-20(26)13-4-5-13;1-17(2,3)23-16(21)8-11-4-5-12(9-14(11)19)22-13-6-7-20-15(18)10-13;16-12-7-10(3-4-13(12)17)21-11-5-6-18-14(8-11)19-15(20)9-1-2-9;1-12(2,3)16-11(15)6-8-4-5-9(14)7-10(8)13;6-5-3-4(7)1-2-8-5;1-4(2,3)5;3-2(4,5)1-6;1-2;1-10(2)14(9)16(13(7)8)15(11(3)4)12(5)6;/h6-9,11-13H,4-5,10H2,1-3H3,(H,23,24,26);4-7,9-10H,8H2,1-3H3;3-9H,1-2,17H2,(H,18,19,20);4-5,7,14H,6H2,1-3H3;1-3H;1-3H3;1H;1-2H3;;/q;;;;;-1;;;;+1/i;;;;;;;1D;;. The number of nitrogens with zero attached hydrogens (tertiary/aromatic N) is 4. The van der Waals surface area contributed by atoms with E-state index in [9.17, 15) is 64.2 Å². The van der Waals surface area contributed by atoms with E-state index in [2.05, 4.69) is 30.6 Å². The summed E-state index contributed by atoms with van der Waals surface area (Å²) in [4.78, 5) is 82.8. The van der Waals surface area contributed by atoms with Crippen molar-refractivity contribution in [2.75, 3.05) is 16.4 Å². The van der Waals surface area contributed by atoms with Crippen LogP contribution < -0.4 is 87.1 Å². The van der Waals surface area contributed by atoms with Gasteiger partial charge in [-0.1, -0.05) is 76.0 Å². The van der Waals surface area contributed by atoms with Crippen LogP contribution in [0.5, 0.6) is 40.2 Å². The third-order valence-electron chi connectivity index (χ3n) is 15.1. The van der Waals surface area contributed by atoms with Crippen LogP contribution in [-0.2, 0) is 62.2 Å². The summed E-state index contributed by atoms with van der Waals surface area (Å²) in [5, 5.41) is 25.0. The first kappa shape index (κ1) is 114. The summed E-state index contributed by atoms with van der Waals surface area (Å²) in [7, 11) is 50.4. The van der Waals surface area contributed by atoms with Crippen molar-refractivity contribution in [3.05, 3.63) is 202 Å². The van der Waals surface area contributed by atoms with Gasteiger partial charge < -0.3 is 55.0 Å². The van der Waals surface area contributed by atoms with Crippen LogP contribution in [0, 0.1) is 40.9 Å². The second-order valence-electron chi connectivity index (χ2n) is 31.3. The molecule has 4 aromatic carbocycles. The van der Waals surface area contributed by atoms with E-state index < -0.39 is 121 Å². The number of nitrogen functional groups attached to an aromatic ring is 1. The molecule has 18 radical (unpaired) electrons. The number of hydrogen-bond donors (Lipinski definition) is 4. The number of nitrogens with two attached hydrogens (primary N) is 1. The number of benzene rings is 4. The first-order chi connectivity index (χ1) is 58.3. The molecule has 8 aromatic rings. The van der Waals surface area contributed by atoms with Crippen LogP contribution in [0.15, 0.2) is 146 Å². The first-order valence-electron chi connectivity index (χ1n) is 39.0. The number of hydrogen-bond acceptors (Lipinski definition) is 19. The molecule has 4 aromatic heterocycles. The largest absolute Gasteiger partial charge is 1.00 e. The van der Waals surface area contributed by atoms with Gasteiger partial charge in [-0.25, -0.2) is 41.9 Å². The number of rotatable bonds is 22. The molecule has 48 heteroatoms. The summed E-state index contributed by atoms with van der Waals surface area (Å²) < 4.78 is 137. The smallest absolute Gasteiger partial charge is 0.850 e. The van der Waals surface area contributed by atoms with Crippen LogP contribution in [-0.4, -0.2) is 204 Å². The molecule has 2 saturated carbocycles. The monoisotopic (exact) mass is 1780 g/mol. The number of anilines is 3. The third-order valence-corrected chi connectivity index (χ3v) is 15.5. The van der Waals surface area contributed by atoms with Crippen LogP contribution in [0.25, 0.3) is 0 Å². The zero-order chi connectivity index (χ0) is 95.9. The molecule has 4 heterocycles. The molecular weight excluding hydrogens is 1690 g/mol. The van der Waals surface area contributed by atoms with Crippen LogP contribution in [0.1, 0.15) is 141 Å². The second kappa shape index (κ2) is 55.9. The molecule has 0 atom stereocenters. The Balaban J connectivity index is 0.000000754. The summed E-state index contributed by atoms with van der Waals surface area (Å²) in [6.45, 7) is 23.0. The minimum Gasteiger partial charge on any atom is -0.850 e. The van der Waals surface area contributed by atoms with E-state index in [-0.39, 0.29) is 144 Å². The van der Waals surface area contributed by atoms with Gasteiger partial charge in [-0.15, -0.1) is 5.60 Å². The minimum absolute atomic E-state index is 0. The van der Waals surface area contributed by atoms with E-state index in [0.29, 0.717) is 47.3 Å². The van der Waals surface area contributed by atoms with Gasteiger partial charge in [0.05, 0.1) is 24.9 Å². The topological polar surface area (TPSA) is 303 Å². The van der Waals surface area contributed by atoms with E-state index in [1.165, 1.54) is 85.5 Å². The number of aromatic hydroxyl groups is 1. The molecule has 10 rings (SSSR count). The Kier molecular flexibility index (Phi) is 50.7. The number of phenols is 1. The number of nitrogens with one attached hydrogen (secondary N) is 2. The van der Waals surface area contributed by atoms with Crippen molar-refractivity contribution >= 4 is 191 Å². The Labute approximate surface area is 800 Å². The van der Waals surface area contributed by atoms with Crippen LogP contribution in [0.2, 0.25) is 10.3 Å². The predicted molar refractivity (Wildman–Crippen MR) is 485 cm³/mol. The van der Waals surface area contributed by atoms with Crippen LogP contribution in [0.3, 0.4) is 0 Å². The van der Waals surface area contributed by atoms with Gasteiger partial charge in [0.2, 0.25) is 18.1 Å². The zero-order valence-corrected chi connectivity index (χ0v) is 77.0. The second-order valence-corrected chi connectivity index (χ2v) is 32.0.